The highest BCUT2D eigenvalue weighted by atomic mass is 16.6. The number of nitrogens with zero attached hydrogens (tertiary/aromatic N) is 3. The first-order chi connectivity index (χ1) is 8.74. The number of hydrogen-bond acceptors (Lipinski definition) is 4. The van der Waals surface area contributed by atoms with E-state index in [0.717, 1.165) is 18.7 Å². The molecule has 1 aromatic heterocycles. The number of amides is 1. The fourth-order valence-corrected chi connectivity index (χ4v) is 1.94. The van der Waals surface area contributed by atoms with Crippen molar-refractivity contribution in [1.29, 1.82) is 0 Å². The maximum atomic E-state index is 11.8. The number of aliphatic hydroxyl groups excluding tert-OH is 1. The smallest absolute Gasteiger partial charge is 0.410 e. The number of fused-ring (bicyclic) bond motifs is 1. The summed E-state index contributed by atoms with van der Waals surface area (Å²) < 4.78 is 7.14. The van der Waals surface area contributed by atoms with Crippen LogP contribution in [0.15, 0.2) is 6.20 Å². The van der Waals surface area contributed by atoms with Crippen LogP contribution >= 0.6 is 0 Å². The Morgan fingerprint density at radius 2 is 2.39 bits per heavy atom. The first-order valence-corrected chi connectivity index (χ1v) is 6.32. The average molecular weight is 253 g/mol. The molecule has 0 atom stereocenters. The van der Waals surface area contributed by atoms with Gasteiger partial charge in [0.15, 0.2) is 0 Å². The van der Waals surface area contributed by atoms with E-state index in [1.165, 1.54) is 0 Å². The van der Waals surface area contributed by atoms with Crippen LogP contribution in [0.2, 0.25) is 0 Å². The highest BCUT2D eigenvalue weighted by Gasteiger charge is 2.23. The molecule has 1 aliphatic heterocycles. The molecule has 2 rings (SSSR count). The second-order valence-corrected chi connectivity index (χ2v) is 4.39. The second kappa shape index (κ2) is 5.86. The minimum atomic E-state index is -0.275. The van der Waals surface area contributed by atoms with Gasteiger partial charge in [0.2, 0.25) is 0 Å². The standard InChI is InChI=1S/C12H19N3O3/c1-2-3-6-18-12(17)15-5-4-14-7-10(9-16)13-11(14)8-15/h7,16H,2-6,8-9H2,1H3. The molecular formula is C12H19N3O3. The summed E-state index contributed by atoms with van der Waals surface area (Å²) in [6.45, 7) is 4.24. The molecule has 1 N–H and O–H groups in total. The lowest BCUT2D eigenvalue weighted by molar-refractivity contribution is 0.0907. The number of carbonyl (C=O) groups excluding carboxylic acids is 1. The molecule has 0 saturated carbocycles. The fraction of sp³-hybridized carbons (Fsp3) is 0.667. The molecule has 0 spiro atoms. The van der Waals surface area contributed by atoms with Crippen molar-refractivity contribution in [3.8, 4) is 0 Å². The van der Waals surface area contributed by atoms with Crippen molar-refractivity contribution in [2.24, 2.45) is 0 Å². The molecule has 18 heavy (non-hydrogen) atoms. The zero-order valence-electron chi connectivity index (χ0n) is 10.6. The van der Waals surface area contributed by atoms with Gasteiger partial charge in [-0.2, -0.15) is 0 Å². The summed E-state index contributed by atoms with van der Waals surface area (Å²) in [4.78, 5) is 17.7. The molecule has 2 heterocycles. The highest BCUT2D eigenvalue weighted by Crippen LogP contribution is 2.13. The summed E-state index contributed by atoms with van der Waals surface area (Å²) in [7, 11) is 0. The van der Waals surface area contributed by atoms with E-state index in [1.807, 2.05) is 10.8 Å². The molecule has 0 aliphatic carbocycles. The molecule has 1 aromatic rings. The topological polar surface area (TPSA) is 67.6 Å². The SMILES string of the molecule is CCCCOC(=O)N1CCn2cc(CO)nc2C1. The van der Waals surface area contributed by atoms with Crippen molar-refractivity contribution in [2.45, 2.75) is 39.5 Å². The molecule has 1 amide bonds. The van der Waals surface area contributed by atoms with Crippen LogP contribution in [0.1, 0.15) is 31.3 Å². The van der Waals surface area contributed by atoms with Gasteiger partial charge in [-0.15, -0.1) is 0 Å². The lowest BCUT2D eigenvalue weighted by Crippen LogP contribution is -2.38. The number of aliphatic hydroxyl groups is 1. The van der Waals surface area contributed by atoms with E-state index in [-0.39, 0.29) is 12.7 Å². The van der Waals surface area contributed by atoms with Gasteiger partial charge >= 0.3 is 6.09 Å². The van der Waals surface area contributed by atoms with Gasteiger partial charge in [0.25, 0.3) is 0 Å². The van der Waals surface area contributed by atoms with Gasteiger partial charge in [-0.05, 0) is 6.42 Å². The number of aromatic nitrogens is 2. The fourth-order valence-electron chi connectivity index (χ4n) is 1.94. The monoisotopic (exact) mass is 253 g/mol. The van der Waals surface area contributed by atoms with Crippen LogP contribution in [-0.2, 0) is 24.4 Å². The first kappa shape index (κ1) is 12.9. The van der Waals surface area contributed by atoms with Gasteiger partial charge in [-0.25, -0.2) is 9.78 Å². The zero-order valence-corrected chi connectivity index (χ0v) is 10.6. The summed E-state index contributed by atoms with van der Waals surface area (Å²) >= 11 is 0. The Balaban J connectivity index is 1.92. The molecule has 100 valence electrons. The number of hydrogen-bond donors (Lipinski definition) is 1. The van der Waals surface area contributed by atoms with E-state index in [9.17, 15) is 4.79 Å². The van der Waals surface area contributed by atoms with Crippen LogP contribution in [0, 0.1) is 0 Å². The van der Waals surface area contributed by atoms with Crippen molar-refractivity contribution in [1.82, 2.24) is 14.5 Å². The second-order valence-electron chi connectivity index (χ2n) is 4.39. The van der Waals surface area contributed by atoms with E-state index < -0.39 is 0 Å². The summed E-state index contributed by atoms with van der Waals surface area (Å²) in [5.74, 6) is 0.803. The minimum Gasteiger partial charge on any atom is -0.449 e. The third-order valence-corrected chi connectivity index (χ3v) is 3.00. The molecular weight excluding hydrogens is 234 g/mol. The molecule has 0 saturated heterocycles. The number of ether oxygens (including phenoxy) is 1. The largest absolute Gasteiger partial charge is 0.449 e. The van der Waals surface area contributed by atoms with Crippen molar-refractivity contribution in [3.05, 3.63) is 17.7 Å². The maximum Gasteiger partial charge on any atom is 0.410 e. The Morgan fingerprint density at radius 1 is 1.56 bits per heavy atom. The summed E-state index contributed by atoms with van der Waals surface area (Å²) in [5, 5.41) is 9.02. The van der Waals surface area contributed by atoms with Crippen LogP contribution in [-0.4, -0.2) is 38.8 Å². The van der Waals surface area contributed by atoms with E-state index in [1.54, 1.807) is 4.90 Å². The summed E-state index contributed by atoms with van der Waals surface area (Å²) in [6, 6.07) is 0. The molecule has 0 fully saturated rings. The highest BCUT2D eigenvalue weighted by molar-refractivity contribution is 5.67. The minimum absolute atomic E-state index is 0.0685. The van der Waals surface area contributed by atoms with Crippen LogP contribution < -0.4 is 0 Å². The third-order valence-electron chi connectivity index (χ3n) is 3.00. The van der Waals surface area contributed by atoms with E-state index in [4.69, 9.17) is 9.84 Å². The van der Waals surface area contributed by atoms with E-state index in [0.29, 0.717) is 31.9 Å². The number of rotatable bonds is 4. The maximum absolute atomic E-state index is 11.8. The van der Waals surface area contributed by atoms with Crippen LogP contribution in [0.3, 0.4) is 0 Å². The lowest BCUT2D eigenvalue weighted by atomic mass is 10.3. The molecule has 0 bridgehead atoms. The number of imidazole rings is 1. The molecule has 6 heteroatoms. The van der Waals surface area contributed by atoms with Crippen molar-refractivity contribution in [2.75, 3.05) is 13.2 Å². The van der Waals surface area contributed by atoms with Crippen LogP contribution in [0.4, 0.5) is 4.79 Å². The normalized spacial score (nSPS) is 14.4. The molecule has 0 aromatic carbocycles. The first-order valence-electron chi connectivity index (χ1n) is 6.32. The predicted octanol–water partition coefficient (Wildman–Crippen LogP) is 1.13. The number of carbonyl (C=O) groups is 1. The molecule has 0 radical (unpaired) electrons. The van der Waals surface area contributed by atoms with Crippen molar-refractivity contribution < 1.29 is 14.6 Å². The van der Waals surface area contributed by atoms with Crippen molar-refractivity contribution in [3.63, 3.8) is 0 Å². The molecule has 1 aliphatic rings. The van der Waals surface area contributed by atoms with Gasteiger partial charge < -0.3 is 14.4 Å². The molecule has 6 nitrogen and oxygen atoms in total. The lowest BCUT2D eigenvalue weighted by Gasteiger charge is -2.26. The van der Waals surface area contributed by atoms with E-state index in [2.05, 4.69) is 11.9 Å². The Kier molecular flexibility index (Phi) is 4.19. The summed E-state index contributed by atoms with van der Waals surface area (Å²) in [5.41, 5.74) is 0.645. The van der Waals surface area contributed by atoms with Crippen LogP contribution in [0.5, 0.6) is 0 Å². The Hall–Kier alpha value is -1.56. The predicted molar refractivity (Wildman–Crippen MR) is 64.8 cm³/mol. The number of unbranched alkanes of at least 4 members (excludes halogenated alkanes) is 1. The van der Waals surface area contributed by atoms with Gasteiger partial charge in [0, 0.05) is 19.3 Å². The zero-order chi connectivity index (χ0) is 13.0. The quantitative estimate of drug-likeness (QED) is 0.817. The summed E-state index contributed by atoms with van der Waals surface area (Å²) in [6.07, 6.45) is 3.46. The Bertz CT molecular complexity index is 417. The third kappa shape index (κ3) is 2.81. The molecule has 0 unspecified atom stereocenters. The van der Waals surface area contributed by atoms with Gasteiger partial charge in [-0.3, -0.25) is 4.90 Å². The average Bonchev–Trinajstić information content (AvgIpc) is 2.80. The van der Waals surface area contributed by atoms with Gasteiger partial charge in [0.05, 0.1) is 25.5 Å². The van der Waals surface area contributed by atoms with Gasteiger partial charge in [-0.1, -0.05) is 13.3 Å². The Morgan fingerprint density at radius 3 is 3.11 bits per heavy atom. The van der Waals surface area contributed by atoms with E-state index >= 15 is 0 Å². The van der Waals surface area contributed by atoms with Crippen molar-refractivity contribution >= 4 is 6.09 Å². The van der Waals surface area contributed by atoms with Crippen LogP contribution in [0.25, 0.3) is 0 Å². The Labute approximate surface area is 106 Å². The van der Waals surface area contributed by atoms with Gasteiger partial charge in [0.1, 0.15) is 5.82 Å².